The van der Waals surface area contributed by atoms with Crippen molar-refractivity contribution >= 4 is 17.8 Å². The van der Waals surface area contributed by atoms with Gasteiger partial charge >= 0.3 is 6.03 Å². The third kappa shape index (κ3) is 3.65. The smallest absolute Gasteiger partial charge is 0.319 e. The molecular weight excluding hydrogens is 396 g/mol. The van der Waals surface area contributed by atoms with Crippen molar-refractivity contribution in [3.63, 3.8) is 0 Å². The Hall–Kier alpha value is -3.01. The van der Waals surface area contributed by atoms with E-state index in [1.54, 1.807) is 0 Å². The molecule has 3 amide bonds. The third-order valence-corrected chi connectivity index (χ3v) is 6.50. The van der Waals surface area contributed by atoms with Gasteiger partial charge in [-0.25, -0.2) is 9.78 Å². The number of carbonyl (C=O) groups is 2. The molecule has 1 saturated heterocycles. The molecule has 2 aliphatic heterocycles. The Bertz CT molecular complexity index is 973. The number of aromatic nitrogens is 4. The van der Waals surface area contributed by atoms with E-state index in [9.17, 15) is 9.59 Å². The maximum absolute atomic E-state index is 13.6. The summed E-state index contributed by atoms with van der Waals surface area (Å²) < 4.78 is 0. The first-order valence-corrected chi connectivity index (χ1v) is 10.7. The first-order chi connectivity index (χ1) is 14.7. The highest BCUT2D eigenvalue weighted by molar-refractivity contribution is 6.02. The second-order valence-corrected chi connectivity index (χ2v) is 8.84. The SMILES string of the molecule is CCN1C[C@H](C)N(C(=O)N2Cc3c(NC(=O)c4cnccn4)n[nH]c3C2(C)C)C[C@H]1C. The largest absolute Gasteiger partial charge is 0.321 e. The summed E-state index contributed by atoms with van der Waals surface area (Å²) >= 11 is 0. The fourth-order valence-electron chi connectivity index (χ4n) is 4.57. The third-order valence-electron chi connectivity index (χ3n) is 6.50. The Morgan fingerprint density at radius 2 is 2.00 bits per heavy atom. The molecule has 4 rings (SSSR count). The van der Waals surface area contributed by atoms with Crippen LogP contribution in [0.5, 0.6) is 0 Å². The van der Waals surface area contributed by atoms with Crippen molar-refractivity contribution in [2.24, 2.45) is 0 Å². The Morgan fingerprint density at radius 3 is 2.68 bits per heavy atom. The van der Waals surface area contributed by atoms with Crippen molar-refractivity contribution in [3.05, 3.63) is 35.5 Å². The van der Waals surface area contributed by atoms with Gasteiger partial charge in [0.05, 0.1) is 24.0 Å². The van der Waals surface area contributed by atoms with Gasteiger partial charge in [0.15, 0.2) is 5.82 Å². The molecule has 0 saturated carbocycles. The summed E-state index contributed by atoms with van der Waals surface area (Å²) in [6.07, 6.45) is 4.38. The summed E-state index contributed by atoms with van der Waals surface area (Å²) in [6.45, 7) is 13.3. The zero-order valence-electron chi connectivity index (χ0n) is 18.7. The lowest BCUT2D eigenvalue weighted by atomic mass is 10.0. The molecule has 31 heavy (non-hydrogen) atoms. The van der Waals surface area contributed by atoms with Crippen molar-refractivity contribution in [1.82, 2.24) is 34.9 Å². The molecule has 2 atom stereocenters. The summed E-state index contributed by atoms with van der Waals surface area (Å²) in [4.78, 5) is 40.3. The number of nitrogens with one attached hydrogen (secondary N) is 2. The zero-order valence-corrected chi connectivity index (χ0v) is 18.7. The Labute approximate surface area is 182 Å². The molecule has 2 N–H and O–H groups in total. The van der Waals surface area contributed by atoms with Crippen LogP contribution < -0.4 is 5.32 Å². The summed E-state index contributed by atoms with van der Waals surface area (Å²) in [5.41, 5.74) is 1.30. The maximum atomic E-state index is 13.6. The van der Waals surface area contributed by atoms with Gasteiger partial charge in [0.1, 0.15) is 5.69 Å². The predicted molar refractivity (Wildman–Crippen MR) is 115 cm³/mol. The predicted octanol–water partition coefficient (Wildman–Crippen LogP) is 2.04. The zero-order chi connectivity index (χ0) is 22.3. The molecule has 0 radical (unpaired) electrons. The minimum atomic E-state index is -0.570. The Balaban J connectivity index is 1.53. The van der Waals surface area contributed by atoms with Crippen LogP contribution in [-0.2, 0) is 12.1 Å². The van der Waals surface area contributed by atoms with Crippen molar-refractivity contribution in [2.45, 2.75) is 58.8 Å². The normalized spacial score (nSPS) is 23.0. The average Bonchev–Trinajstić information content (AvgIpc) is 3.27. The standard InChI is InChI=1S/C21H30N8O2/c1-6-27-10-14(3)28(11-13(27)2)20(31)29-12-15-17(21(29,4)5)25-26-18(15)24-19(30)16-9-22-7-8-23-16/h7-9,13-14H,6,10-12H2,1-5H3,(H2,24,25,26,30)/t13-,14+/m1/s1. The second kappa shape index (κ2) is 7.92. The molecule has 2 aromatic heterocycles. The van der Waals surface area contributed by atoms with E-state index >= 15 is 0 Å². The Kier molecular flexibility index (Phi) is 5.42. The van der Waals surface area contributed by atoms with Crippen LogP contribution in [0.25, 0.3) is 0 Å². The number of aromatic amines is 1. The molecule has 0 aromatic carbocycles. The van der Waals surface area contributed by atoms with Crippen LogP contribution in [0.4, 0.5) is 10.6 Å². The summed E-state index contributed by atoms with van der Waals surface area (Å²) in [6, 6.07) is 0.459. The number of H-pyrrole nitrogens is 1. The van der Waals surface area contributed by atoms with Crippen molar-refractivity contribution in [2.75, 3.05) is 25.0 Å². The van der Waals surface area contributed by atoms with Crippen LogP contribution in [0, 0.1) is 0 Å². The van der Waals surface area contributed by atoms with E-state index in [1.807, 2.05) is 23.6 Å². The number of anilines is 1. The molecule has 0 unspecified atom stereocenters. The van der Waals surface area contributed by atoms with Gasteiger partial charge in [-0.1, -0.05) is 6.92 Å². The molecule has 166 valence electrons. The quantitative estimate of drug-likeness (QED) is 0.777. The molecule has 0 spiro atoms. The van der Waals surface area contributed by atoms with Gasteiger partial charge in [-0.15, -0.1) is 0 Å². The van der Waals surface area contributed by atoms with Crippen LogP contribution in [-0.4, -0.2) is 78.5 Å². The van der Waals surface area contributed by atoms with E-state index in [-0.39, 0.29) is 23.7 Å². The lowest BCUT2D eigenvalue weighted by Gasteiger charge is -2.46. The number of urea groups is 1. The van der Waals surface area contributed by atoms with Crippen LogP contribution in [0.15, 0.2) is 18.6 Å². The minimum absolute atomic E-state index is 0.0101. The molecule has 10 heteroatoms. The first-order valence-electron chi connectivity index (χ1n) is 10.7. The number of hydrogen-bond donors (Lipinski definition) is 2. The highest BCUT2D eigenvalue weighted by Crippen LogP contribution is 2.41. The van der Waals surface area contributed by atoms with Crippen LogP contribution in [0.1, 0.15) is 56.4 Å². The van der Waals surface area contributed by atoms with Gasteiger partial charge in [0, 0.05) is 43.1 Å². The van der Waals surface area contributed by atoms with Crippen LogP contribution in [0.2, 0.25) is 0 Å². The van der Waals surface area contributed by atoms with Gasteiger partial charge in [-0.05, 0) is 34.2 Å². The van der Waals surface area contributed by atoms with E-state index in [2.05, 4.69) is 51.2 Å². The molecule has 2 aliphatic rings. The van der Waals surface area contributed by atoms with E-state index in [0.717, 1.165) is 24.3 Å². The Morgan fingerprint density at radius 1 is 1.23 bits per heavy atom. The van der Waals surface area contributed by atoms with E-state index in [0.29, 0.717) is 24.9 Å². The molecular formula is C21H30N8O2. The number of piperazine rings is 1. The van der Waals surface area contributed by atoms with Gasteiger partial charge in [-0.2, -0.15) is 5.10 Å². The molecule has 1 fully saturated rings. The fraction of sp³-hybridized carbons (Fsp3) is 0.571. The lowest BCUT2D eigenvalue weighted by Crippen LogP contribution is -2.61. The van der Waals surface area contributed by atoms with E-state index < -0.39 is 5.54 Å². The van der Waals surface area contributed by atoms with Crippen molar-refractivity contribution < 1.29 is 9.59 Å². The molecule has 0 bridgehead atoms. The summed E-state index contributed by atoms with van der Waals surface area (Å²) in [5, 5.41) is 10.1. The second-order valence-electron chi connectivity index (χ2n) is 8.84. The number of amides is 3. The van der Waals surface area contributed by atoms with Crippen molar-refractivity contribution in [1.29, 1.82) is 0 Å². The van der Waals surface area contributed by atoms with Gasteiger partial charge in [-0.3, -0.25) is 19.8 Å². The molecule has 10 nitrogen and oxygen atoms in total. The number of nitrogens with zero attached hydrogens (tertiary/aromatic N) is 6. The van der Waals surface area contributed by atoms with Gasteiger partial charge < -0.3 is 15.1 Å². The summed E-state index contributed by atoms with van der Waals surface area (Å²) in [7, 11) is 0. The number of fused-ring (bicyclic) bond motifs is 1. The maximum Gasteiger partial charge on any atom is 0.321 e. The number of hydrogen-bond acceptors (Lipinski definition) is 6. The van der Waals surface area contributed by atoms with E-state index in [1.165, 1.54) is 18.6 Å². The lowest BCUT2D eigenvalue weighted by molar-refractivity contribution is 0.0373. The number of likely N-dealkylation sites (N-methyl/N-ethyl adjacent to an activating group) is 1. The highest BCUT2D eigenvalue weighted by atomic mass is 16.2. The fourth-order valence-corrected chi connectivity index (χ4v) is 4.57. The van der Waals surface area contributed by atoms with E-state index in [4.69, 9.17) is 0 Å². The first kappa shape index (κ1) is 21.2. The topological polar surface area (TPSA) is 110 Å². The average molecular weight is 427 g/mol. The highest BCUT2D eigenvalue weighted by Gasteiger charge is 2.46. The summed E-state index contributed by atoms with van der Waals surface area (Å²) in [5.74, 6) is 0.0364. The van der Waals surface area contributed by atoms with Crippen LogP contribution in [0.3, 0.4) is 0 Å². The van der Waals surface area contributed by atoms with Gasteiger partial charge in [0.25, 0.3) is 5.91 Å². The minimum Gasteiger partial charge on any atom is -0.319 e. The van der Waals surface area contributed by atoms with Gasteiger partial charge in [0.2, 0.25) is 0 Å². The molecule has 4 heterocycles. The number of rotatable bonds is 3. The van der Waals surface area contributed by atoms with Crippen LogP contribution >= 0.6 is 0 Å². The monoisotopic (exact) mass is 426 g/mol. The molecule has 0 aliphatic carbocycles. The molecule has 2 aromatic rings. The number of carbonyl (C=O) groups excluding carboxylic acids is 2. The van der Waals surface area contributed by atoms with Crippen molar-refractivity contribution in [3.8, 4) is 0 Å².